The molecule has 0 aromatic heterocycles. The van der Waals surface area contributed by atoms with Gasteiger partial charge in [0, 0.05) is 6.54 Å². The Hall–Kier alpha value is -1.39. The molecule has 0 radical (unpaired) electrons. The third kappa shape index (κ3) is 2.54. The smallest absolute Gasteiger partial charge is 0.311 e. The van der Waals surface area contributed by atoms with Crippen LogP contribution in [-0.4, -0.2) is 36.3 Å². The number of rotatable bonds is 2. The molecular weight excluding hydrogens is 172 g/mol. The molecule has 5 nitrogen and oxygen atoms in total. The summed E-state index contributed by atoms with van der Waals surface area (Å²) in [5.41, 5.74) is 1.04. The highest BCUT2D eigenvalue weighted by atomic mass is 16.5. The van der Waals surface area contributed by atoms with Gasteiger partial charge in [-0.1, -0.05) is 5.16 Å². The summed E-state index contributed by atoms with van der Waals surface area (Å²) in [6.07, 6.45) is 1.63. The first-order valence-electron chi connectivity index (χ1n) is 4.09. The molecule has 0 aromatic rings. The highest BCUT2D eigenvalue weighted by Crippen LogP contribution is 2.07. The third-order valence-electron chi connectivity index (χ3n) is 1.87. The van der Waals surface area contributed by atoms with Crippen LogP contribution in [-0.2, 0) is 9.53 Å². The van der Waals surface area contributed by atoms with Crippen LogP contribution in [0.25, 0.3) is 0 Å². The van der Waals surface area contributed by atoms with Crippen molar-refractivity contribution in [2.24, 2.45) is 10.1 Å². The Balaban J connectivity index is 2.65. The molecular formula is C8H12N2O3. The second-order valence-corrected chi connectivity index (χ2v) is 2.73. The van der Waals surface area contributed by atoms with Gasteiger partial charge in [-0.3, -0.25) is 9.79 Å². The minimum absolute atomic E-state index is 0.0931. The first-order valence-corrected chi connectivity index (χ1v) is 4.09. The van der Waals surface area contributed by atoms with Crippen LogP contribution in [0.4, 0.5) is 0 Å². The van der Waals surface area contributed by atoms with E-state index in [1.54, 1.807) is 0 Å². The van der Waals surface area contributed by atoms with Crippen LogP contribution in [0.1, 0.15) is 19.3 Å². The molecule has 0 aromatic carbocycles. The van der Waals surface area contributed by atoms with E-state index in [-0.39, 0.29) is 12.4 Å². The molecule has 5 heteroatoms. The summed E-state index contributed by atoms with van der Waals surface area (Å²) >= 11 is 0. The molecule has 1 N–H and O–H groups in total. The summed E-state index contributed by atoms with van der Waals surface area (Å²) in [7, 11) is 1.32. The van der Waals surface area contributed by atoms with Crippen molar-refractivity contribution in [3.63, 3.8) is 0 Å². The lowest BCUT2D eigenvalue weighted by molar-refractivity contribution is -0.139. The van der Waals surface area contributed by atoms with Gasteiger partial charge in [0.15, 0.2) is 0 Å². The number of hydrogen-bond donors (Lipinski definition) is 1. The summed E-state index contributed by atoms with van der Waals surface area (Å²) in [4.78, 5) is 15.0. The van der Waals surface area contributed by atoms with E-state index >= 15 is 0 Å². The summed E-state index contributed by atoms with van der Waals surface area (Å²) in [6.45, 7) is 0.686. The van der Waals surface area contributed by atoms with Crippen LogP contribution in [0.5, 0.6) is 0 Å². The van der Waals surface area contributed by atoms with E-state index in [9.17, 15) is 4.79 Å². The average Bonchev–Trinajstić information content (AvgIpc) is 2.18. The molecule has 0 aliphatic carbocycles. The number of methoxy groups -OCH3 is 1. The second kappa shape index (κ2) is 4.59. The molecule has 0 saturated carbocycles. The molecule has 0 bridgehead atoms. The van der Waals surface area contributed by atoms with Crippen molar-refractivity contribution in [1.29, 1.82) is 0 Å². The molecule has 1 heterocycles. The van der Waals surface area contributed by atoms with Crippen molar-refractivity contribution >= 4 is 17.4 Å². The van der Waals surface area contributed by atoms with Gasteiger partial charge < -0.3 is 9.94 Å². The van der Waals surface area contributed by atoms with E-state index in [4.69, 9.17) is 5.21 Å². The maximum atomic E-state index is 10.9. The van der Waals surface area contributed by atoms with Gasteiger partial charge in [0.2, 0.25) is 0 Å². The van der Waals surface area contributed by atoms with Crippen LogP contribution >= 0.6 is 0 Å². The van der Waals surface area contributed by atoms with Crippen molar-refractivity contribution in [3.8, 4) is 0 Å². The molecule has 0 amide bonds. The zero-order chi connectivity index (χ0) is 9.68. The van der Waals surface area contributed by atoms with Crippen LogP contribution < -0.4 is 0 Å². The Morgan fingerprint density at radius 3 is 3.15 bits per heavy atom. The van der Waals surface area contributed by atoms with Gasteiger partial charge in [0.05, 0.1) is 19.2 Å². The second-order valence-electron chi connectivity index (χ2n) is 2.73. The minimum Gasteiger partial charge on any atom is -0.469 e. The Bertz CT molecular complexity index is 258. The molecule has 0 atom stereocenters. The number of ether oxygens (including phenoxy) is 1. The van der Waals surface area contributed by atoms with Crippen LogP contribution in [0, 0.1) is 0 Å². The fourth-order valence-electron chi connectivity index (χ4n) is 1.17. The monoisotopic (exact) mass is 184 g/mol. The Morgan fingerprint density at radius 2 is 2.54 bits per heavy atom. The first-order chi connectivity index (χ1) is 6.27. The normalized spacial score (nSPS) is 19.8. The van der Waals surface area contributed by atoms with Crippen molar-refractivity contribution in [3.05, 3.63) is 0 Å². The standard InChI is InChI=1S/C8H12N2O3/c1-13-8(11)5-7-6(10-12)3-2-4-9-7/h12H,2-5H2,1H3. The van der Waals surface area contributed by atoms with Crippen molar-refractivity contribution in [2.75, 3.05) is 13.7 Å². The lowest BCUT2D eigenvalue weighted by Gasteiger charge is -2.11. The molecule has 1 rings (SSSR count). The zero-order valence-electron chi connectivity index (χ0n) is 7.49. The molecule has 72 valence electrons. The molecule has 1 aliphatic heterocycles. The number of hydrogen-bond acceptors (Lipinski definition) is 5. The quantitative estimate of drug-likeness (QED) is 0.388. The van der Waals surface area contributed by atoms with Gasteiger partial charge in [-0.15, -0.1) is 0 Å². The molecule has 0 fully saturated rings. The van der Waals surface area contributed by atoms with E-state index in [1.165, 1.54) is 7.11 Å². The highest BCUT2D eigenvalue weighted by Gasteiger charge is 2.17. The lowest BCUT2D eigenvalue weighted by Crippen LogP contribution is -2.23. The van der Waals surface area contributed by atoms with E-state index in [2.05, 4.69) is 14.9 Å². The average molecular weight is 184 g/mol. The number of oxime groups is 1. The van der Waals surface area contributed by atoms with Crippen LogP contribution in [0.3, 0.4) is 0 Å². The fourth-order valence-corrected chi connectivity index (χ4v) is 1.17. The van der Waals surface area contributed by atoms with Crippen molar-refractivity contribution in [2.45, 2.75) is 19.3 Å². The van der Waals surface area contributed by atoms with E-state index in [0.29, 0.717) is 24.4 Å². The van der Waals surface area contributed by atoms with E-state index in [0.717, 1.165) is 6.42 Å². The fraction of sp³-hybridized carbons (Fsp3) is 0.625. The third-order valence-corrected chi connectivity index (χ3v) is 1.87. The van der Waals surface area contributed by atoms with Crippen LogP contribution in [0.15, 0.2) is 10.1 Å². The number of aliphatic imine (C=N–C) groups is 1. The Morgan fingerprint density at radius 1 is 1.77 bits per heavy atom. The van der Waals surface area contributed by atoms with Crippen LogP contribution in [0.2, 0.25) is 0 Å². The highest BCUT2D eigenvalue weighted by molar-refractivity contribution is 6.44. The number of carbonyl (C=O) groups is 1. The number of carbonyl (C=O) groups excluding carboxylic acids is 1. The summed E-state index contributed by atoms with van der Waals surface area (Å²) in [5.74, 6) is -0.359. The summed E-state index contributed by atoms with van der Waals surface area (Å²) < 4.78 is 4.49. The van der Waals surface area contributed by atoms with Crippen molar-refractivity contribution < 1.29 is 14.7 Å². The van der Waals surface area contributed by atoms with Gasteiger partial charge in [-0.05, 0) is 12.8 Å². The first kappa shape index (κ1) is 9.70. The predicted octanol–water partition coefficient (Wildman–Crippen LogP) is 0.614. The Kier molecular flexibility index (Phi) is 3.42. The molecule has 1 aliphatic rings. The molecule has 0 spiro atoms. The van der Waals surface area contributed by atoms with E-state index in [1.807, 2.05) is 0 Å². The minimum atomic E-state index is -0.359. The van der Waals surface area contributed by atoms with E-state index < -0.39 is 0 Å². The zero-order valence-corrected chi connectivity index (χ0v) is 7.49. The summed E-state index contributed by atoms with van der Waals surface area (Å²) in [6, 6.07) is 0. The molecule has 13 heavy (non-hydrogen) atoms. The Labute approximate surface area is 76.1 Å². The van der Waals surface area contributed by atoms with Gasteiger partial charge in [0.1, 0.15) is 5.71 Å². The maximum absolute atomic E-state index is 10.9. The van der Waals surface area contributed by atoms with Gasteiger partial charge in [-0.2, -0.15) is 0 Å². The van der Waals surface area contributed by atoms with Gasteiger partial charge in [-0.25, -0.2) is 0 Å². The SMILES string of the molecule is COC(=O)CC1=NCCCC1=NO. The maximum Gasteiger partial charge on any atom is 0.311 e. The number of nitrogens with zero attached hydrogens (tertiary/aromatic N) is 2. The lowest BCUT2D eigenvalue weighted by atomic mass is 10.0. The largest absolute Gasteiger partial charge is 0.469 e. The topological polar surface area (TPSA) is 71.2 Å². The van der Waals surface area contributed by atoms with Gasteiger partial charge >= 0.3 is 5.97 Å². The molecule has 0 unspecified atom stereocenters. The molecule has 0 saturated heterocycles. The van der Waals surface area contributed by atoms with Gasteiger partial charge in [0.25, 0.3) is 0 Å². The number of esters is 1. The summed E-state index contributed by atoms with van der Waals surface area (Å²) in [5, 5.41) is 11.7. The predicted molar refractivity (Wildman–Crippen MR) is 47.4 cm³/mol. The van der Waals surface area contributed by atoms with Crippen molar-refractivity contribution in [1.82, 2.24) is 0 Å².